The van der Waals surface area contributed by atoms with Gasteiger partial charge in [0.2, 0.25) is 5.91 Å². The average Bonchev–Trinajstić information content (AvgIpc) is 2.73. The Kier molecular flexibility index (Phi) is 5.59. The molecule has 19 heavy (non-hydrogen) atoms. The molecule has 1 rings (SSSR count). The predicted octanol–water partition coefficient (Wildman–Crippen LogP) is 0.147. The number of amides is 3. The van der Waals surface area contributed by atoms with Gasteiger partial charge >= 0.3 is 12.0 Å². The average molecular weight is 271 g/mol. The Hall–Kier alpha value is -1.79. The van der Waals surface area contributed by atoms with Crippen molar-refractivity contribution in [2.75, 3.05) is 13.1 Å². The van der Waals surface area contributed by atoms with Crippen molar-refractivity contribution in [1.82, 2.24) is 10.2 Å². The summed E-state index contributed by atoms with van der Waals surface area (Å²) in [5.74, 6) is -1.01. The molecule has 0 aromatic rings. The number of carbonyl (C=O) groups excluding carboxylic acids is 2. The quantitative estimate of drug-likeness (QED) is 0.638. The van der Waals surface area contributed by atoms with E-state index in [0.717, 1.165) is 6.42 Å². The maximum Gasteiger partial charge on any atom is 0.317 e. The summed E-state index contributed by atoms with van der Waals surface area (Å²) in [5, 5.41) is 11.3. The van der Waals surface area contributed by atoms with Gasteiger partial charge in [-0.2, -0.15) is 0 Å². The number of nitrogens with two attached hydrogens (primary N) is 1. The first kappa shape index (κ1) is 15.3. The van der Waals surface area contributed by atoms with Gasteiger partial charge in [-0.25, -0.2) is 4.79 Å². The van der Waals surface area contributed by atoms with Gasteiger partial charge in [-0.05, 0) is 25.7 Å². The predicted molar refractivity (Wildman–Crippen MR) is 68.4 cm³/mol. The molecule has 2 unspecified atom stereocenters. The van der Waals surface area contributed by atoms with E-state index < -0.39 is 11.9 Å². The minimum atomic E-state index is -0.807. The summed E-state index contributed by atoms with van der Waals surface area (Å²) in [4.78, 5) is 34.7. The number of likely N-dealkylation sites (tertiary alicyclic amines) is 1. The van der Waals surface area contributed by atoms with E-state index in [1.165, 1.54) is 0 Å². The number of primary amides is 1. The zero-order chi connectivity index (χ0) is 14.4. The number of rotatable bonds is 6. The van der Waals surface area contributed by atoms with Crippen molar-refractivity contribution >= 4 is 17.9 Å². The number of hydrogen-bond donors (Lipinski definition) is 3. The fraction of sp³-hybridized carbons (Fsp3) is 0.750. The minimum Gasteiger partial charge on any atom is -0.481 e. The van der Waals surface area contributed by atoms with Crippen LogP contribution in [-0.2, 0) is 9.59 Å². The van der Waals surface area contributed by atoms with Crippen molar-refractivity contribution < 1.29 is 19.5 Å². The Balaban J connectivity index is 2.31. The molecule has 3 amide bonds. The van der Waals surface area contributed by atoms with E-state index >= 15 is 0 Å². The van der Waals surface area contributed by atoms with Gasteiger partial charge in [0.15, 0.2) is 0 Å². The van der Waals surface area contributed by atoms with Crippen LogP contribution < -0.4 is 11.1 Å². The van der Waals surface area contributed by atoms with Crippen LogP contribution >= 0.6 is 0 Å². The second-order valence-electron chi connectivity index (χ2n) is 5.05. The van der Waals surface area contributed by atoms with E-state index in [9.17, 15) is 14.4 Å². The summed E-state index contributed by atoms with van der Waals surface area (Å²) in [7, 11) is 0. The second kappa shape index (κ2) is 6.96. The minimum absolute atomic E-state index is 0.113. The second-order valence-corrected chi connectivity index (χ2v) is 5.05. The molecule has 0 aliphatic carbocycles. The van der Waals surface area contributed by atoms with Gasteiger partial charge in [0, 0.05) is 32.0 Å². The van der Waals surface area contributed by atoms with E-state index in [4.69, 9.17) is 10.8 Å². The summed E-state index contributed by atoms with van der Waals surface area (Å²) in [6, 6.07) is -0.505. The Morgan fingerprint density at radius 1 is 1.47 bits per heavy atom. The number of carbonyl (C=O) groups is 3. The van der Waals surface area contributed by atoms with Crippen LogP contribution in [0.1, 0.15) is 32.6 Å². The largest absolute Gasteiger partial charge is 0.481 e. The Bertz CT molecular complexity index is 359. The van der Waals surface area contributed by atoms with Crippen LogP contribution in [0.15, 0.2) is 0 Å². The van der Waals surface area contributed by atoms with E-state index in [0.29, 0.717) is 19.5 Å². The lowest BCUT2D eigenvalue weighted by atomic mass is 10.0. The van der Waals surface area contributed by atoms with Gasteiger partial charge < -0.3 is 21.1 Å². The van der Waals surface area contributed by atoms with Gasteiger partial charge in [0.25, 0.3) is 0 Å². The molecule has 0 aromatic carbocycles. The number of nitrogens with zero attached hydrogens (tertiary/aromatic N) is 1. The maximum atomic E-state index is 11.9. The Labute approximate surface area is 112 Å². The van der Waals surface area contributed by atoms with Gasteiger partial charge in [-0.15, -0.1) is 0 Å². The van der Waals surface area contributed by atoms with Crippen LogP contribution in [-0.4, -0.2) is 47.0 Å². The summed E-state index contributed by atoms with van der Waals surface area (Å²) in [6.45, 7) is 2.92. The first-order valence-electron chi connectivity index (χ1n) is 6.44. The molecule has 0 aromatic heterocycles. The highest BCUT2D eigenvalue weighted by Crippen LogP contribution is 2.21. The highest BCUT2D eigenvalue weighted by atomic mass is 16.4. The monoisotopic (exact) mass is 271 g/mol. The number of aliphatic carboxylic acids is 1. The fourth-order valence-corrected chi connectivity index (χ4v) is 2.24. The lowest BCUT2D eigenvalue weighted by Gasteiger charge is -2.20. The summed E-state index contributed by atoms with van der Waals surface area (Å²) in [5.41, 5.74) is 5.05. The number of nitrogens with one attached hydrogen (secondary N) is 1. The summed E-state index contributed by atoms with van der Waals surface area (Å²) < 4.78 is 0. The van der Waals surface area contributed by atoms with E-state index in [1.54, 1.807) is 11.8 Å². The topological polar surface area (TPSA) is 113 Å². The van der Waals surface area contributed by atoms with Crippen molar-refractivity contribution in [3.8, 4) is 0 Å². The lowest BCUT2D eigenvalue weighted by molar-refractivity contribution is -0.137. The lowest BCUT2D eigenvalue weighted by Crippen LogP contribution is -2.44. The van der Waals surface area contributed by atoms with Crippen molar-refractivity contribution in [2.45, 2.75) is 38.6 Å². The zero-order valence-electron chi connectivity index (χ0n) is 11.1. The molecule has 1 heterocycles. The number of hydrogen-bond acceptors (Lipinski definition) is 3. The standard InChI is InChI=1S/C12H21N3O4/c1-8(6-10(13)16)14-12(19)15-5-4-9(7-15)2-3-11(17)18/h8-9H,2-7H2,1H3,(H2,13,16)(H,14,19)(H,17,18). The van der Waals surface area contributed by atoms with Crippen LogP contribution in [0.3, 0.4) is 0 Å². The highest BCUT2D eigenvalue weighted by molar-refractivity contribution is 5.78. The molecule has 1 aliphatic heterocycles. The molecule has 1 saturated heterocycles. The smallest absolute Gasteiger partial charge is 0.317 e. The third-order valence-electron chi connectivity index (χ3n) is 3.22. The SMILES string of the molecule is CC(CC(N)=O)NC(=O)N1CCC(CCC(=O)O)C1. The van der Waals surface area contributed by atoms with Gasteiger partial charge in [-0.1, -0.05) is 0 Å². The molecule has 0 saturated carbocycles. The molecular formula is C12H21N3O4. The van der Waals surface area contributed by atoms with E-state index in [2.05, 4.69) is 5.32 Å². The van der Waals surface area contributed by atoms with Crippen LogP contribution in [0.5, 0.6) is 0 Å². The van der Waals surface area contributed by atoms with Crippen molar-refractivity contribution in [2.24, 2.45) is 11.7 Å². The molecular weight excluding hydrogens is 250 g/mol. The van der Waals surface area contributed by atoms with E-state index in [-0.39, 0.29) is 30.8 Å². The molecule has 0 radical (unpaired) electrons. The Morgan fingerprint density at radius 2 is 2.16 bits per heavy atom. The summed E-state index contributed by atoms with van der Waals surface area (Å²) >= 11 is 0. The molecule has 7 nitrogen and oxygen atoms in total. The number of urea groups is 1. The molecule has 4 N–H and O–H groups in total. The third-order valence-corrected chi connectivity index (χ3v) is 3.22. The fourth-order valence-electron chi connectivity index (χ4n) is 2.24. The van der Waals surface area contributed by atoms with Crippen LogP contribution in [0.2, 0.25) is 0 Å². The molecule has 7 heteroatoms. The molecule has 108 valence electrons. The highest BCUT2D eigenvalue weighted by Gasteiger charge is 2.27. The summed E-state index contributed by atoms with van der Waals surface area (Å²) in [6.07, 6.45) is 1.67. The zero-order valence-corrected chi connectivity index (χ0v) is 11.1. The van der Waals surface area contributed by atoms with Crippen LogP contribution in [0.4, 0.5) is 4.79 Å². The maximum absolute atomic E-state index is 11.9. The van der Waals surface area contributed by atoms with Crippen LogP contribution in [0, 0.1) is 5.92 Å². The molecule has 1 fully saturated rings. The molecule has 0 spiro atoms. The van der Waals surface area contributed by atoms with Crippen molar-refractivity contribution in [1.29, 1.82) is 0 Å². The van der Waals surface area contributed by atoms with Gasteiger partial charge in [0.1, 0.15) is 0 Å². The van der Waals surface area contributed by atoms with Gasteiger partial charge in [-0.3, -0.25) is 9.59 Å². The van der Waals surface area contributed by atoms with Crippen LogP contribution in [0.25, 0.3) is 0 Å². The first-order chi connectivity index (χ1) is 8.88. The number of carboxylic acid groups (broad SMARTS) is 1. The Morgan fingerprint density at radius 3 is 2.74 bits per heavy atom. The number of carboxylic acids is 1. The third kappa shape index (κ3) is 5.58. The molecule has 1 aliphatic rings. The molecule has 0 bridgehead atoms. The van der Waals surface area contributed by atoms with Crippen molar-refractivity contribution in [3.05, 3.63) is 0 Å². The van der Waals surface area contributed by atoms with E-state index in [1.807, 2.05) is 0 Å². The van der Waals surface area contributed by atoms with Gasteiger partial charge in [0.05, 0.1) is 0 Å². The first-order valence-corrected chi connectivity index (χ1v) is 6.44. The normalized spacial score (nSPS) is 20.1. The molecule has 2 atom stereocenters. The van der Waals surface area contributed by atoms with Crippen molar-refractivity contribution in [3.63, 3.8) is 0 Å².